The Hall–Kier alpha value is -2.00. The number of nitrogens with zero attached hydrogens (tertiary/aromatic N) is 1. The van der Waals surface area contributed by atoms with Gasteiger partial charge in [0.25, 0.3) is 0 Å². The van der Waals surface area contributed by atoms with E-state index in [4.69, 9.17) is 16.3 Å². The molecule has 0 bridgehead atoms. The van der Waals surface area contributed by atoms with Crippen LogP contribution in [0.4, 0.5) is 4.39 Å². The van der Waals surface area contributed by atoms with Crippen LogP contribution in [0.25, 0.3) is 10.9 Å². The fourth-order valence-electron chi connectivity index (χ4n) is 2.35. The lowest BCUT2D eigenvalue weighted by Crippen LogP contribution is -1.98. The number of halogens is 2. The molecule has 0 aliphatic carbocycles. The number of hydrogen-bond acceptors (Lipinski definition) is 1. The zero-order valence-electron chi connectivity index (χ0n) is 10.9. The van der Waals surface area contributed by atoms with Crippen LogP contribution in [0.15, 0.2) is 48.7 Å². The van der Waals surface area contributed by atoms with E-state index in [1.165, 1.54) is 6.07 Å². The van der Waals surface area contributed by atoms with Crippen molar-refractivity contribution < 1.29 is 9.13 Å². The molecule has 20 heavy (non-hydrogen) atoms. The number of fused-ring (bicyclic) bond motifs is 1. The first-order valence-electron chi connectivity index (χ1n) is 6.25. The minimum atomic E-state index is -0.394. The standard InChI is InChI=1S/C16H13ClFNO/c1-20-16-4-2-3-15-12(16)7-8-19(15)10-11-5-6-14(18)13(17)9-11/h2-9H,10H2,1H3. The summed E-state index contributed by atoms with van der Waals surface area (Å²) in [4.78, 5) is 0. The SMILES string of the molecule is COc1cccc2c1ccn2Cc1ccc(F)c(Cl)c1. The van der Waals surface area contributed by atoms with E-state index in [0.29, 0.717) is 6.54 Å². The molecule has 2 aromatic carbocycles. The second-order valence-electron chi connectivity index (χ2n) is 4.59. The number of ether oxygens (including phenoxy) is 1. The fourth-order valence-corrected chi connectivity index (χ4v) is 2.55. The molecule has 3 rings (SSSR count). The summed E-state index contributed by atoms with van der Waals surface area (Å²) in [5.41, 5.74) is 2.03. The fraction of sp³-hybridized carbons (Fsp3) is 0.125. The van der Waals surface area contributed by atoms with Crippen LogP contribution in [0, 0.1) is 5.82 Å². The average molecular weight is 290 g/mol. The van der Waals surface area contributed by atoms with E-state index in [9.17, 15) is 4.39 Å². The Morgan fingerprint density at radius 2 is 2.05 bits per heavy atom. The lowest BCUT2D eigenvalue weighted by molar-refractivity contribution is 0.420. The van der Waals surface area contributed by atoms with Crippen molar-refractivity contribution in [3.8, 4) is 5.75 Å². The van der Waals surface area contributed by atoms with E-state index >= 15 is 0 Å². The lowest BCUT2D eigenvalue weighted by Gasteiger charge is -2.07. The van der Waals surface area contributed by atoms with E-state index in [1.54, 1.807) is 19.2 Å². The molecule has 0 atom stereocenters. The van der Waals surface area contributed by atoms with Crippen LogP contribution >= 0.6 is 11.6 Å². The van der Waals surface area contributed by atoms with Gasteiger partial charge in [-0.1, -0.05) is 23.7 Å². The van der Waals surface area contributed by atoms with Gasteiger partial charge in [0, 0.05) is 18.1 Å². The van der Waals surface area contributed by atoms with E-state index in [1.807, 2.05) is 30.5 Å². The molecule has 0 aliphatic heterocycles. The Kier molecular flexibility index (Phi) is 3.36. The molecule has 0 N–H and O–H groups in total. The molecule has 1 heterocycles. The maximum absolute atomic E-state index is 13.2. The van der Waals surface area contributed by atoms with Gasteiger partial charge in [0.2, 0.25) is 0 Å². The highest BCUT2D eigenvalue weighted by Gasteiger charge is 2.07. The quantitative estimate of drug-likeness (QED) is 0.693. The minimum Gasteiger partial charge on any atom is -0.496 e. The molecule has 0 saturated carbocycles. The molecule has 0 saturated heterocycles. The highest BCUT2D eigenvalue weighted by Crippen LogP contribution is 2.27. The first kappa shape index (κ1) is 13.0. The van der Waals surface area contributed by atoms with Crippen LogP contribution in [0.5, 0.6) is 5.75 Å². The van der Waals surface area contributed by atoms with Crippen molar-refractivity contribution in [3.05, 3.63) is 65.1 Å². The Balaban J connectivity index is 2.00. The van der Waals surface area contributed by atoms with Crippen molar-refractivity contribution in [2.75, 3.05) is 7.11 Å². The maximum Gasteiger partial charge on any atom is 0.141 e. The Bertz CT molecular complexity index is 766. The van der Waals surface area contributed by atoms with E-state index in [-0.39, 0.29) is 5.02 Å². The highest BCUT2D eigenvalue weighted by atomic mass is 35.5. The van der Waals surface area contributed by atoms with Gasteiger partial charge in [-0.2, -0.15) is 0 Å². The monoisotopic (exact) mass is 289 g/mol. The summed E-state index contributed by atoms with van der Waals surface area (Å²) in [5.74, 6) is 0.452. The number of rotatable bonds is 3. The van der Waals surface area contributed by atoms with Crippen LogP contribution < -0.4 is 4.74 Å². The predicted molar refractivity (Wildman–Crippen MR) is 79.0 cm³/mol. The van der Waals surface area contributed by atoms with Crippen LogP contribution in [-0.2, 0) is 6.54 Å². The van der Waals surface area contributed by atoms with Crippen LogP contribution in [-0.4, -0.2) is 11.7 Å². The van der Waals surface area contributed by atoms with Crippen molar-refractivity contribution in [1.29, 1.82) is 0 Å². The van der Waals surface area contributed by atoms with Crippen molar-refractivity contribution >= 4 is 22.5 Å². The molecule has 0 unspecified atom stereocenters. The van der Waals surface area contributed by atoms with E-state index < -0.39 is 5.82 Å². The molecule has 0 fully saturated rings. The number of hydrogen-bond donors (Lipinski definition) is 0. The van der Waals surface area contributed by atoms with E-state index in [0.717, 1.165) is 22.2 Å². The third-order valence-corrected chi connectivity index (χ3v) is 3.62. The topological polar surface area (TPSA) is 14.2 Å². The van der Waals surface area contributed by atoms with Gasteiger partial charge in [0.05, 0.1) is 17.6 Å². The van der Waals surface area contributed by atoms with E-state index in [2.05, 4.69) is 4.57 Å². The van der Waals surface area contributed by atoms with Crippen LogP contribution in [0.3, 0.4) is 0 Å². The maximum atomic E-state index is 13.2. The van der Waals surface area contributed by atoms with Crippen LogP contribution in [0.1, 0.15) is 5.56 Å². The Morgan fingerprint density at radius 3 is 2.80 bits per heavy atom. The normalized spacial score (nSPS) is 10.9. The molecule has 0 aliphatic rings. The summed E-state index contributed by atoms with van der Waals surface area (Å²) >= 11 is 5.82. The van der Waals surface area contributed by atoms with Gasteiger partial charge in [-0.25, -0.2) is 4.39 Å². The first-order chi connectivity index (χ1) is 9.69. The lowest BCUT2D eigenvalue weighted by atomic mass is 10.2. The van der Waals surface area contributed by atoms with Crippen LogP contribution in [0.2, 0.25) is 5.02 Å². The molecule has 2 nitrogen and oxygen atoms in total. The molecule has 102 valence electrons. The number of aromatic nitrogens is 1. The molecule has 1 aromatic heterocycles. The molecule has 4 heteroatoms. The zero-order chi connectivity index (χ0) is 14.1. The third kappa shape index (κ3) is 2.25. The Labute approximate surface area is 121 Å². The van der Waals surface area contributed by atoms with Crippen molar-refractivity contribution in [2.24, 2.45) is 0 Å². The van der Waals surface area contributed by atoms with Crippen molar-refractivity contribution in [3.63, 3.8) is 0 Å². The summed E-state index contributed by atoms with van der Waals surface area (Å²) in [7, 11) is 1.66. The summed E-state index contributed by atoms with van der Waals surface area (Å²) in [5, 5.41) is 1.21. The number of methoxy groups -OCH3 is 1. The summed E-state index contributed by atoms with van der Waals surface area (Å²) < 4.78 is 20.6. The smallest absolute Gasteiger partial charge is 0.141 e. The van der Waals surface area contributed by atoms with Crippen molar-refractivity contribution in [2.45, 2.75) is 6.54 Å². The average Bonchev–Trinajstić information content (AvgIpc) is 2.86. The second-order valence-corrected chi connectivity index (χ2v) is 4.99. The van der Waals surface area contributed by atoms with Crippen molar-refractivity contribution in [1.82, 2.24) is 4.57 Å². The molecular formula is C16H13ClFNO. The Morgan fingerprint density at radius 1 is 1.20 bits per heavy atom. The summed E-state index contributed by atoms with van der Waals surface area (Å²) in [6, 6.07) is 12.7. The first-order valence-corrected chi connectivity index (χ1v) is 6.62. The molecular weight excluding hydrogens is 277 g/mol. The second kappa shape index (κ2) is 5.17. The van der Waals surface area contributed by atoms with Gasteiger partial charge in [0.15, 0.2) is 0 Å². The summed E-state index contributed by atoms with van der Waals surface area (Å²) in [6.45, 7) is 0.636. The van der Waals surface area contributed by atoms with Gasteiger partial charge in [-0.05, 0) is 35.9 Å². The third-order valence-electron chi connectivity index (χ3n) is 3.33. The highest BCUT2D eigenvalue weighted by molar-refractivity contribution is 6.30. The molecule has 0 radical (unpaired) electrons. The minimum absolute atomic E-state index is 0.150. The van der Waals surface area contributed by atoms with Gasteiger partial charge >= 0.3 is 0 Å². The number of benzene rings is 2. The van der Waals surface area contributed by atoms with Gasteiger partial charge in [0.1, 0.15) is 11.6 Å². The van der Waals surface area contributed by atoms with Gasteiger partial charge in [-0.3, -0.25) is 0 Å². The summed E-state index contributed by atoms with van der Waals surface area (Å²) in [6.07, 6.45) is 1.99. The molecule has 0 spiro atoms. The van der Waals surface area contributed by atoms with Gasteiger partial charge < -0.3 is 9.30 Å². The molecule has 3 aromatic rings. The molecule has 0 amide bonds. The zero-order valence-corrected chi connectivity index (χ0v) is 11.7. The predicted octanol–water partition coefficient (Wildman–Crippen LogP) is 4.49. The largest absolute Gasteiger partial charge is 0.496 e. The van der Waals surface area contributed by atoms with Gasteiger partial charge in [-0.15, -0.1) is 0 Å².